The van der Waals surface area contributed by atoms with Crippen molar-refractivity contribution < 1.29 is 29.0 Å². The molecule has 42 heavy (non-hydrogen) atoms. The molecule has 3 aliphatic rings. The fourth-order valence-corrected chi connectivity index (χ4v) is 7.07. The van der Waals surface area contributed by atoms with Gasteiger partial charge in [-0.1, -0.05) is 30.3 Å². The molecule has 1 spiro atoms. The summed E-state index contributed by atoms with van der Waals surface area (Å²) in [6.45, 7) is 2.88. The van der Waals surface area contributed by atoms with Crippen LogP contribution in [0.5, 0.6) is 5.75 Å². The number of nitrogens with one attached hydrogen (secondary N) is 2. The minimum absolute atomic E-state index is 0.0744. The number of benzene rings is 3. The minimum Gasteiger partial charge on any atom is -0.494 e. The van der Waals surface area contributed by atoms with Crippen molar-refractivity contribution >= 4 is 39.9 Å². The highest BCUT2D eigenvalue weighted by molar-refractivity contribution is 6.05. The Morgan fingerprint density at radius 3 is 2.48 bits per heavy atom. The van der Waals surface area contributed by atoms with E-state index in [2.05, 4.69) is 10.6 Å². The maximum Gasteiger partial charge on any atom is 0.250 e. The van der Waals surface area contributed by atoms with Crippen LogP contribution in [0.1, 0.15) is 39.0 Å². The third kappa shape index (κ3) is 5.01. The SMILES string of the molecule is CCOc1ccc(NC(=O)[C@@H]2[C@H]3C(=O)N(CCCCCO)C(C(=O)Nc4ccc5ccccc5c4)C34CC[C@H]2O4)cc1. The normalized spacial score (nSPS) is 26.0. The molecule has 3 fully saturated rings. The second-order valence-corrected chi connectivity index (χ2v) is 11.4. The van der Waals surface area contributed by atoms with E-state index >= 15 is 0 Å². The highest BCUT2D eigenvalue weighted by Gasteiger charge is 2.74. The van der Waals surface area contributed by atoms with Gasteiger partial charge in [0.1, 0.15) is 17.4 Å². The molecule has 220 valence electrons. The number of hydrogen-bond donors (Lipinski definition) is 3. The zero-order valence-corrected chi connectivity index (χ0v) is 23.8. The van der Waals surface area contributed by atoms with Crippen LogP contribution in [0.25, 0.3) is 10.8 Å². The van der Waals surface area contributed by atoms with Gasteiger partial charge in [-0.15, -0.1) is 0 Å². The van der Waals surface area contributed by atoms with Crippen molar-refractivity contribution in [2.24, 2.45) is 11.8 Å². The number of aliphatic hydroxyl groups is 1. The number of ether oxygens (including phenoxy) is 2. The van der Waals surface area contributed by atoms with Gasteiger partial charge in [0.2, 0.25) is 17.7 Å². The fourth-order valence-electron chi connectivity index (χ4n) is 7.07. The van der Waals surface area contributed by atoms with Crippen LogP contribution in [-0.2, 0) is 19.1 Å². The molecule has 3 aromatic carbocycles. The molecule has 0 radical (unpaired) electrons. The molecule has 2 bridgehead atoms. The average molecular weight is 572 g/mol. The summed E-state index contributed by atoms with van der Waals surface area (Å²) in [5.74, 6) is -1.54. The summed E-state index contributed by atoms with van der Waals surface area (Å²) in [5, 5.41) is 17.3. The lowest BCUT2D eigenvalue weighted by Crippen LogP contribution is -2.53. The number of rotatable bonds is 11. The van der Waals surface area contributed by atoms with Crippen molar-refractivity contribution in [2.45, 2.75) is 56.8 Å². The van der Waals surface area contributed by atoms with Gasteiger partial charge in [-0.3, -0.25) is 14.4 Å². The summed E-state index contributed by atoms with van der Waals surface area (Å²) in [4.78, 5) is 43.4. The Morgan fingerprint density at radius 2 is 1.71 bits per heavy atom. The lowest BCUT2D eigenvalue weighted by atomic mass is 9.70. The summed E-state index contributed by atoms with van der Waals surface area (Å²) in [7, 11) is 0. The first kappa shape index (κ1) is 28.2. The maximum atomic E-state index is 14.1. The van der Waals surface area contributed by atoms with Crippen LogP contribution in [0.15, 0.2) is 66.7 Å². The highest BCUT2D eigenvalue weighted by Crippen LogP contribution is 2.58. The van der Waals surface area contributed by atoms with Crippen LogP contribution in [0.2, 0.25) is 0 Å². The van der Waals surface area contributed by atoms with Crippen molar-refractivity contribution in [1.82, 2.24) is 4.90 Å². The summed E-state index contributed by atoms with van der Waals surface area (Å²) in [6, 6.07) is 19.9. The van der Waals surface area contributed by atoms with Crippen molar-refractivity contribution in [1.29, 1.82) is 0 Å². The Labute approximate surface area is 245 Å². The van der Waals surface area contributed by atoms with Gasteiger partial charge in [-0.2, -0.15) is 0 Å². The van der Waals surface area contributed by atoms with E-state index in [1.165, 1.54) is 0 Å². The maximum absolute atomic E-state index is 14.1. The number of anilines is 2. The number of unbranched alkanes of at least 4 members (excludes halogenated alkanes) is 2. The molecule has 3 N–H and O–H groups in total. The first-order chi connectivity index (χ1) is 20.4. The van der Waals surface area contributed by atoms with Gasteiger partial charge in [-0.25, -0.2) is 0 Å². The van der Waals surface area contributed by atoms with E-state index in [4.69, 9.17) is 9.47 Å². The Morgan fingerprint density at radius 1 is 0.976 bits per heavy atom. The second-order valence-electron chi connectivity index (χ2n) is 11.4. The van der Waals surface area contributed by atoms with Crippen LogP contribution in [0.3, 0.4) is 0 Å². The molecule has 3 aromatic rings. The van der Waals surface area contributed by atoms with E-state index < -0.39 is 29.6 Å². The quantitative estimate of drug-likeness (QED) is 0.295. The first-order valence-corrected chi connectivity index (χ1v) is 14.9. The van der Waals surface area contributed by atoms with Crippen LogP contribution >= 0.6 is 0 Å². The molecule has 3 amide bonds. The van der Waals surface area contributed by atoms with Gasteiger partial charge < -0.3 is 30.1 Å². The number of aliphatic hydroxyl groups excluding tert-OH is 1. The molecule has 5 atom stereocenters. The van der Waals surface area contributed by atoms with E-state index in [1.54, 1.807) is 29.2 Å². The molecule has 6 rings (SSSR count). The predicted octanol–water partition coefficient (Wildman–Crippen LogP) is 4.35. The van der Waals surface area contributed by atoms with Crippen molar-refractivity contribution in [2.75, 3.05) is 30.4 Å². The second kappa shape index (κ2) is 11.7. The minimum atomic E-state index is -1.07. The molecule has 3 heterocycles. The number of amides is 3. The van der Waals surface area contributed by atoms with E-state index in [1.807, 2.05) is 49.4 Å². The number of carbonyl (C=O) groups is 3. The number of likely N-dealkylation sites (tertiary alicyclic amines) is 1. The van der Waals surface area contributed by atoms with Gasteiger partial charge in [0.15, 0.2) is 0 Å². The Hall–Kier alpha value is -3.95. The Bertz CT molecular complexity index is 1480. The Balaban J connectivity index is 1.26. The first-order valence-electron chi connectivity index (χ1n) is 14.9. The van der Waals surface area contributed by atoms with E-state index in [0.29, 0.717) is 56.0 Å². The third-order valence-electron chi connectivity index (χ3n) is 8.86. The van der Waals surface area contributed by atoms with Crippen molar-refractivity contribution in [3.8, 4) is 5.75 Å². The van der Waals surface area contributed by atoms with Crippen LogP contribution in [-0.4, -0.2) is 65.2 Å². The molecule has 3 saturated heterocycles. The molecule has 0 aromatic heterocycles. The van der Waals surface area contributed by atoms with E-state index in [-0.39, 0.29) is 24.3 Å². The van der Waals surface area contributed by atoms with Gasteiger partial charge in [0.05, 0.1) is 24.5 Å². The zero-order valence-electron chi connectivity index (χ0n) is 23.8. The fraction of sp³-hybridized carbons (Fsp3) is 0.424. The van der Waals surface area contributed by atoms with Crippen molar-refractivity contribution in [3.63, 3.8) is 0 Å². The zero-order chi connectivity index (χ0) is 29.3. The predicted molar refractivity (Wildman–Crippen MR) is 159 cm³/mol. The lowest BCUT2D eigenvalue weighted by Gasteiger charge is -2.33. The number of fused-ring (bicyclic) bond motifs is 2. The van der Waals surface area contributed by atoms with Crippen LogP contribution < -0.4 is 15.4 Å². The smallest absolute Gasteiger partial charge is 0.250 e. The molecule has 2 unspecified atom stereocenters. The monoisotopic (exact) mass is 571 g/mol. The lowest BCUT2D eigenvalue weighted by molar-refractivity contribution is -0.139. The molecular weight excluding hydrogens is 534 g/mol. The van der Waals surface area contributed by atoms with Crippen LogP contribution in [0.4, 0.5) is 11.4 Å². The largest absolute Gasteiger partial charge is 0.494 e. The summed E-state index contributed by atoms with van der Waals surface area (Å²) in [5.41, 5.74) is 0.182. The van der Waals surface area contributed by atoms with Gasteiger partial charge in [-0.05, 0) is 86.2 Å². The van der Waals surface area contributed by atoms with Gasteiger partial charge >= 0.3 is 0 Å². The molecule has 0 saturated carbocycles. The summed E-state index contributed by atoms with van der Waals surface area (Å²) >= 11 is 0. The number of hydrogen-bond acceptors (Lipinski definition) is 6. The molecule has 3 aliphatic heterocycles. The van der Waals surface area contributed by atoms with E-state index in [0.717, 1.165) is 17.2 Å². The van der Waals surface area contributed by atoms with E-state index in [9.17, 15) is 19.5 Å². The van der Waals surface area contributed by atoms with Crippen molar-refractivity contribution in [3.05, 3.63) is 66.7 Å². The number of nitrogens with zero attached hydrogens (tertiary/aromatic N) is 1. The molecule has 0 aliphatic carbocycles. The summed E-state index contributed by atoms with van der Waals surface area (Å²) < 4.78 is 12.0. The molecule has 9 nitrogen and oxygen atoms in total. The van der Waals surface area contributed by atoms with Gasteiger partial charge in [0.25, 0.3) is 0 Å². The third-order valence-corrected chi connectivity index (χ3v) is 8.86. The Kier molecular flexibility index (Phi) is 7.88. The highest BCUT2D eigenvalue weighted by atomic mass is 16.5. The molecular formula is C33H37N3O6. The summed E-state index contributed by atoms with van der Waals surface area (Å²) in [6.07, 6.45) is 2.68. The molecule has 9 heteroatoms. The van der Waals surface area contributed by atoms with Crippen LogP contribution in [0, 0.1) is 11.8 Å². The average Bonchev–Trinajstić information content (AvgIpc) is 3.64. The topological polar surface area (TPSA) is 117 Å². The van der Waals surface area contributed by atoms with Gasteiger partial charge in [0, 0.05) is 24.5 Å². The standard InChI is InChI=1S/C33H37N3O6/c1-2-41-25-14-12-23(13-15-25)34-30(38)27-26-16-17-33(42-26)28(27)32(40)36(18-6-3-7-19-37)29(33)31(39)35-24-11-10-21-8-4-5-9-22(21)20-24/h4-5,8-15,20,26-29,37H,2-3,6-7,16-19H2,1H3,(H,34,38)(H,35,39)/t26-,27+,28+,29?,33?/m1/s1. The number of carbonyl (C=O) groups excluding carboxylic acids is 3.